The van der Waals surface area contributed by atoms with Gasteiger partial charge in [0.05, 0.1) is 6.20 Å². The van der Waals surface area contributed by atoms with E-state index >= 15 is 0 Å². The lowest BCUT2D eigenvalue weighted by Gasteiger charge is -2.26. The molecule has 16 heavy (non-hydrogen) atoms. The summed E-state index contributed by atoms with van der Waals surface area (Å²) in [5, 5.41) is 3.30. The molecule has 0 atom stereocenters. The van der Waals surface area contributed by atoms with E-state index in [2.05, 4.69) is 38.0 Å². The molecule has 0 saturated heterocycles. The molecule has 0 fully saturated rings. The number of hydrogen-bond donors (Lipinski definition) is 1. The summed E-state index contributed by atoms with van der Waals surface area (Å²) in [6.45, 7) is 10.2. The third-order valence-corrected chi connectivity index (χ3v) is 2.67. The van der Waals surface area contributed by atoms with E-state index in [0.29, 0.717) is 0 Å². The zero-order valence-corrected chi connectivity index (χ0v) is 10.7. The Morgan fingerprint density at radius 1 is 1.38 bits per heavy atom. The molecule has 1 heterocycles. The Labute approximate surface area is 98.2 Å². The summed E-state index contributed by atoms with van der Waals surface area (Å²) in [6.07, 6.45) is 4.57. The van der Waals surface area contributed by atoms with E-state index in [0.717, 1.165) is 25.3 Å². The number of ether oxygens (including phenoxy) is 1. The van der Waals surface area contributed by atoms with E-state index in [1.807, 2.05) is 6.07 Å². The van der Waals surface area contributed by atoms with Gasteiger partial charge in [0.1, 0.15) is 11.4 Å². The van der Waals surface area contributed by atoms with Crippen molar-refractivity contribution in [2.24, 2.45) is 0 Å². The molecule has 0 aliphatic heterocycles. The van der Waals surface area contributed by atoms with Crippen molar-refractivity contribution in [1.29, 1.82) is 0 Å². The van der Waals surface area contributed by atoms with Crippen molar-refractivity contribution in [2.45, 2.75) is 46.3 Å². The van der Waals surface area contributed by atoms with Gasteiger partial charge >= 0.3 is 0 Å². The maximum atomic E-state index is 5.98. The van der Waals surface area contributed by atoms with Gasteiger partial charge in [0.25, 0.3) is 0 Å². The van der Waals surface area contributed by atoms with Crippen LogP contribution in [-0.2, 0) is 6.54 Å². The first kappa shape index (κ1) is 13.0. The van der Waals surface area contributed by atoms with Gasteiger partial charge in [-0.1, -0.05) is 13.8 Å². The van der Waals surface area contributed by atoms with Crippen LogP contribution in [0.1, 0.15) is 39.7 Å². The number of hydrogen-bond acceptors (Lipinski definition) is 3. The predicted molar refractivity (Wildman–Crippen MR) is 66.6 cm³/mol. The van der Waals surface area contributed by atoms with Gasteiger partial charge in [0, 0.05) is 18.3 Å². The van der Waals surface area contributed by atoms with E-state index in [1.54, 1.807) is 12.4 Å². The molecule has 1 aromatic rings. The van der Waals surface area contributed by atoms with Crippen LogP contribution in [-0.4, -0.2) is 17.1 Å². The maximum Gasteiger partial charge on any atom is 0.142 e. The van der Waals surface area contributed by atoms with Crippen LogP contribution in [0.2, 0.25) is 0 Å². The largest absolute Gasteiger partial charge is 0.486 e. The molecule has 0 radical (unpaired) electrons. The molecule has 1 aromatic heterocycles. The Hall–Kier alpha value is -1.09. The first-order chi connectivity index (χ1) is 7.59. The van der Waals surface area contributed by atoms with Crippen molar-refractivity contribution >= 4 is 0 Å². The lowest BCUT2D eigenvalue weighted by molar-refractivity contribution is 0.103. The summed E-state index contributed by atoms with van der Waals surface area (Å²) in [7, 11) is 0. The van der Waals surface area contributed by atoms with E-state index < -0.39 is 0 Å². The second-order valence-electron chi connectivity index (χ2n) is 4.48. The molecule has 1 N–H and O–H groups in total. The van der Waals surface area contributed by atoms with Gasteiger partial charge in [-0.15, -0.1) is 0 Å². The van der Waals surface area contributed by atoms with Gasteiger partial charge in [-0.05, 0) is 32.9 Å². The van der Waals surface area contributed by atoms with Crippen molar-refractivity contribution in [3.8, 4) is 5.75 Å². The van der Waals surface area contributed by atoms with Gasteiger partial charge in [0.2, 0.25) is 0 Å². The molecular formula is C13H22N2O. The lowest BCUT2D eigenvalue weighted by Crippen LogP contribution is -2.27. The van der Waals surface area contributed by atoms with E-state index in [9.17, 15) is 0 Å². The summed E-state index contributed by atoms with van der Waals surface area (Å²) < 4.78 is 5.98. The summed E-state index contributed by atoms with van der Waals surface area (Å²) >= 11 is 0. The Bertz CT molecular complexity index is 323. The van der Waals surface area contributed by atoms with Crippen LogP contribution in [0.3, 0.4) is 0 Å². The Balaban J connectivity index is 2.78. The molecular weight excluding hydrogens is 200 g/mol. The first-order valence-electron chi connectivity index (χ1n) is 5.91. The van der Waals surface area contributed by atoms with Gasteiger partial charge in [-0.3, -0.25) is 4.98 Å². The van der Waals surface area contributed by atoms with Gasteiger partial charge < -0.3 is 10.1 Å². The predicted octanol–water partition coefficient (Wildman–Crippen LogP) is 2.76. The highest BCUT2D eigenvalue weighted by Crippen LogP contribution is 2.23. The van der Waals surface area contributed by atoms with Crippen molar-refractivity contribution < 1.29 is 4.74 Å². The molecule has 90 valence electrons. The molecule has 1 rings (SSSR count). The SMILES string of the molecule is CCNCc1ccncc1OC(C)(C)CC. The van der Waals surface area contributed by atoms with E-state index in [4.69, 9.17) is 4.74 Å². The minimum absolute atomic E-state index is 0.135. The Kier molecular flexibility index (Phi) is 4.74. The monoisotopic (exact) mass is 222 g/mol. The van der Waals surface area contributed by atoms with Crippen LogP contribution in [0.4, 0.5) is 0 Å². The van der Waals surface area contributed by atoms with E-state index in [1.165, 1.54) is 5.56 Å². The molecule has 0 aliphatic carbocycles. The smallest absolute Gasteiger partial charge is 0.142 e. The number of nitrogens with one attached hydrogen (secondary N) is 1. The second-order valence-corrected chi connectivity index (χ2v) is 4.48. The van der Waals surface area contributed by atoms with Gasteiger partial charge in [-0.25, -0.2) is 0 Å². The topological polar surface area (TPSA) is 34.2 Å². The van der Waals surface area contributed by atoms with Crippen molar-refractivity contribution in [2.75, 3.05) is 6.54 Å². The molecule has 3 nitrogen and oxygen atoms in total. The number of pyridine rings is 1. The van der Waals surface area contributed by atoms with Crippen molar-refractivity contribution in [3.63, 3.8) is 0 Å². The molecule has 0 aromatic carbocycles. The summed E-state index contributed by atoms with van der Waals surface area (Å²) in [5.74, 6) is 0.885. The average Bonchev–Trinajstić information content (AvgIpc) is 2.27. The second kappa shape index (κ2) is 5.85. The summed E-state index contributed by atoms with van der Waals surface area (Å²) in [5.41, 5.74) is 1.03. The Morgan fingerprint density at radius 3 is 2.75 bits per heavy atom. The summed E-state index contributed by atoms with van der Waals surface area (Å²) in [4.78, 5) is 4.12. The summed E-state index contributed by atoms with van der Waals surface area (Å²) in [6, 6.07) is 2.00. The minimum atomic E-state index is -0.135. The quantitative estimate of drug-likeness (QED) is 0.803. The highest BCUT2D eigenvalue weighted by molar-refractivity contribution is 5.30. The maximum absolute atomic E-state index is 5.98. The molecule has 0 spiro atoms. The van der Waals surface area contributed by atoms with Crippen LogP contribution in [0.15, 0.2) is 18.5 Å². The fourth-order valence-corrected chi connectivity index (χ4v) is 1.28. The average molecular weight is 222 g/mol. The van der Waals surface area contributed by atoms with Crippen molar-refractivity contribution in [1.82, 2.24) is 10.3 Å². The third kappa shape index (κ3) is 3.81. The number of nitrogens with zero attached hydrogens (tertiary/aromatic N) is 1. The molecule has 0 saturated carbocycles. The first-order valence-corrected chi connectivity index (χ1v) is 5.91. The van der Waals surface area contributed by atoms with E-state index in [-0.39, 0.29) is 5.60 Å². The standard InChI is InChI=1S/C13H22N2O/c1-5-13(3,4)16-12-10-15-8-7-11(12)9-14-6-2/h7-8,10,14H,5-6,9H2,1-4H3. The zero-order valence-electron chi connectivity index (χ0n) is 10.7. The van der Waals surface area contributed by atoms with Gasteiger partial charge in [-0.2, -0.15) is 0 Å². The fourth-order valence-electron chi connectivity index (χ4n) is 1.28. The molecule has 0 unspecified atom stereocenters. The molecule has 0 bridgehead atoms. The zero-order chi connectivity index (χ0) is 12.0. The third-order valence-electron chi connectivity index (χ3n) is 2.67. The highest BCUT2D eigenvalue weighted by atomic mass is 16.5. The fraction of sp³-hybridized carbons (Fsp3) is 0.615. The number of rotatable bonds is 6. The van der Waals surface area contributed by atoms with Crippen molar-refractivity contribution in [3.05, 3.63) is 24.0 Å². The number of aromatic nitrogens is 1. The highest BCUT2D eigenvalue weighted by Gasteiger charge is 2.18. The molecule has 0 amide bonds. The molecule has 3 heteroatoms. The van der Waals surface area contributed by atoms with Crippen LogP contribution in [0.25, 0.3) is 0 Å². The minimum Gasteiger partial charge on any atom is -0.486 e. The van der Waals surface area contributed by atoms with Crippen LogP contribution in [0, 0.1) is 0 Å². The van der Waals surface area contributed by atoms with Crippen LogP contribution >= 0.6 is 0 Å². The lowest BCUT2D eigenvalue weighted by atomic mass is 10.1. The molecule has 0 aliphatic rings. The van der Waals surface area contributed by atoms with Crippen LogP contribution < -0.4 is 10.1 Å². The normalized spacial score (nSPS) is 11.5. The Morgan fingerprint density at radius 2 is 2.12 bits per heavy atom. The van der Waals surface area contributed by atoms with Gasteiger partial charge in [0.15, 0.2) is 0 Å². The van der Waals surface area contributed by atoms with Crippen LogP contribution in [0.5, 0.6) is 5.75 Å².